The average Bonchev–Trinajstić information content (AvgIpc) is 3.27. The number of nitrogens with zero attached hydrogens (tertiary/aromatic N) is 1. The van der Waals surface area contributed by atoms with Gasteiger partial charge in [0.1, 0.15) is 5.75 Å². The zero-order chi connectivity index (χ0) is 28.3. The largest absolute Gasteiger partial charge is 0.733 e. The molecule has 0 bridgehead atoms. The molecule has 0 unspecified atom stereocenters. The van der Waals surface area contributed by atoms with Crippen LogP contribution in [-0.4, -0.2) is 15.8 Å². The monoisotopic (exact) mass is 568 g/mol. The molecule has 3 fully saturated rings. The van der Waals surface area contributed by atoms with E-state index in [1.165, 1.54) is 119 Å². The van der Waals surface area contributed by atoms with Crippen molar-refractivity contribution in [2.75, 3.05) is 5.23 Å². The lowest BCUT2D eigenvalue weighted by molar-refractivity contribution is -0.0421. The summed E-state index contributed by atoms with van der Waals surface area (Å²) in [7, 11) is 0. The number of benzene rings is 1. The molecule has 0 saturated heterocycles. The van der Waals surface area contributed by atoms with E-state index in [9.17, 15) is 10.0 Å². The smallest absolute Gasteiger partial charge is 0.372 e. The van der Waals surface area contributed by atoms with Gasteiger partial charge in [-0.1, -0.05) is 70.9 Å². The molecular formula is C34H50NO4S-. The predicted octanol–water partition coefficient (Wildman–Crippen LogP) is 10.3. The van der Waals surface area contributed by atoms with E-state index in [0.29, 0.717) is 11.2 Å². The quantitative estimate of drug-likeness (QED) is 0.131. The number of rotatable bonds is 10. The second kappa shape index (κ2) is 12.8. The first-order valence-electron chi connectivity index (χ1n) is 16.1. The maximum Gasteiger partial charge on any atom is 0.372 e. The third-order valence-corrected chi connectivity index (χ3v) is 12.7. The number of hydrogen-bond donors (Lipinski definition) is 1. The van der Waals surface area contributed by atoms with Gasteiger partial charge in [0.2, 0.25) is 0 Å². The van der Waals surface area contributed by atoms with Crippen LogP contribution in [0, 0.1) is 39.7 Å². The van der Waals surface area contributed by atoms with Crippen molar-refractivity contribution in [2.45, 2.75) is 122 Å². The Morgan fingerprint density at radius 3 is 2.52 bits per heavy atom. The number of anilines is 1. The van der Waals surface area contributed by atoms with Gasteiger partial charge in [0.05, 0.1) is 5.69 Å². The summed E-state index contributed by atoms with van der Waals surface area (Å²) in [4.78, 5) is 12.7. The minimum Gasteiger partial charge on any atom is -0.733 e. The van der Waals surface area contributed by atoms with E-state index in [2.05, 4.69) is 26.8 Å². The molecule has 0 amide bonds. The zero-order valence-electron chi connectivity index (χ0n) is 24.9. The summed E-state index contributed by atoms with van der Waals surface area (Å²) in [5.74, 6) is 3.84. The number of carbonyl (C=O) groups excluding carboxylic acids is 1. The number of unbranched alkanes of at least 4 members (excludes halogenated alkanes) is 5. The summed E-state index contributed by atoms with van der Waals surface area (Å²) in [6, 6.07) is 5.95. The first kappa shape index (κ1) is 30.0. The molecule has 5 nitrogen and oxygen atoms in total. The molecule has 40 heavy (non-hydrogen) atoms. The summed E-state index contributed by atoms with van der Waals surface area (Å²) < 4.78 is 5.52. The molecule has 0 aromatic heterocycles. The minimum absolute atomic E-state index is 0.107. The Hall–Kier alpha value is -1.50. The average molecular weight is 569 g/mol. The SMILES string of the molecule is CCCCCCCC[C@H]1CC[C@H]2[C@@H]3CC=C4C[C@@H](SC(=O)Oc5ccc(N([O-])O)cc5)CC[C@]4(C)[C@H]3CC[C@]12C. The number of carbonyl (C=O) groups is 1. The van der Waals surface area contributed by atoms with Gasteiger partial charge in [0.15, 0.2) is 0 Å². The van der Waals surface area contributed by atoms with Gasteiger partial charge >= 0.3 is 5.30 Å². The fourth-order valence-corrected chi connectivity index (χ4v) is 10.3. The highest BCUT2D eigenvalue weighted by molar-refractivity contribution is 8.13. The number of thioether (sulfide) groups is 1. The third kappa shape index (κ3) is 6.15. The first-order valence-corrected chi connectivity index (χ1v) is 17.0. The molecule has 0 aliphatic heterocycles. The molecule has 4 aliphatic rings. The van der Waals surface area contributed by atoms with Crippen LogP contribution in [0.15, 0.2) is 35.9 Å². The Kier molecular flexibility index (Phi) is 9.58. The van der Waals surface area contributed by atoms with Gasteiger partial charge < -0.3 is 15.2 Å². The Bertz CT molecular complexity index is 1040. The first-order chi connectivity index (χ1) is 19.2. The fraction of sp³-hybridized carbons (Fsp3) is 0.735. The molecule has 1 aromatic carbocycles. The Balaban J connectivity index is 1.16. The molecule has 0 radical (unpaired) electrons. The number of allylic oxidation sites excluding steroid dienone is 2. The van der Waals surface area contributed by atoms with Gasteiger partial charge in [0.25, 0.3) is 0 Å². The molecule has 0 heterocycles. The molecule has 222 valence electrons. The molecule has 4 aliphatic carbocycles. The van der Waals surface area contributed by atoms with Crippen LogP contribution in [-0.2, 0) is 0 Å². The molecule has 1 N–H and O–H groups in total. The van der Waals surface area contributed by atoms with Crippen LogP contribution in [0.2, 0.25) is 0 Å². The molecule has 1 aromatic rings. The topological polar surface area (TPSA) is 72.8 Å². The van der Waals surface area contributed by atoms with Gasteiger partial charge in [-0.2, -0.15) is 0 Å². The van der Waals surface area contributed by atoms with E-state index in [1.54, 1.807) is 5.57 Å². The van der Waals surface area contributed by atoms with Gasteiger partial charge in [-0.25, -0.2) is 4.79 Å². The van der Waals surface area contributed by atoms with Crippen LogP contribution in [0.25, 0.3) is 0 Å². The minimum atomic E-state index is -0.297. The van der Waals surface area contributed by atoms with E-state index in [0.717, 1.165) is 36.5 Å². The van der Waals surface area contributed by atoms with Crippen molar-refractivity contribution in [3.63, 3.8) is 0 Å². The Morgan fingerprint density at radius 1 is 1.02 bits per heavy atom. The zero-order valence-corrected chi connectivity index (χ0v) is 25.7. The van der Waals surface area contributed by atoms with Crippen LogP contribution < -0.4 is 9.96 Å². The van der Waals surface area contributed by atoms with Crippen LogP contribution in [0.3, 0.4) is 0 Å². The summed E-state index contributed by atoms with van der Waals surface area (Å²) in [5, 5.41) is 19.7. The van der Waals surface area contributed by atoms with Gasteiger partial charge in [-0.3, -0.25) is 5.21 Å². The summed E-state index contributed by atoms with van der Waals surface area (Å²) >= 11 is 1.31. The number of ether oxygens (including phenoxy) is 1. The standard InChI is InChI=1S/C34H50NO4S/c1-4-5-6-7-8-9-10-24-12-18-30-29-17-11-25-23-28(19-21-34(25,3)31(29)20-22-33(24,30)2)40-32(36)39-27-15-13-26(14-16-27)35(37)38/h11,13-16,24,28-31,37H,4-10,12,17-23H2,1-3H3/q-1/t24-,28-,29-,30-,31-,33+,34-/m0/s1. The van der Waals surface area contributed by atoms with E-state index in [4.69, 9.17) is 9.94 Å². The molecule has 0 spiro atoms. The van der Waals surface area contributed by atoms with Crippen LogP contribution >= 0.6 is 11.8 Å². The maximum atomic E-state index is 12.7. The Morgan fingerprint density at radius 2 is 1.77 bits per heavy atom. The fourth-order valence-electron chi connectivity index (χ4n) is 9.38. The highest BCUT2D eigenvalue weighted by Crippen LogP contribution is 2.67. The lowest BCUT2D eigenvalue weighted by atomic mass is 9.47. The summed E-state index contributed by atoms with van der Waals surface area (Å²) in [6.45, 7) is 7.51. The molecule has 6 heteroatoms. The van der Waals surface area contributed by atoms with E-state index >= 15 is 0 Å². The van der Waals surface area contributed by atoms with E-state index < -0.39 is 0 Å². The van der Waals surface area contributed by atoms with Crippen molar-refractivity contribution in [1.82, 2.24) is 0 Å². The highest BCUT2D eigenvalue weighted by atomic mass is 32.2. The molecule has 3 saturated carbocycles. The summed E-state index contributed by atoms with van der Waals surface area (Å²) in [5.41, 5.74) is 2.53. The van der Waals surface area contributed by atoms with Gasteiger partial charge in [0, 0.05) is 5.25 Å². The van der Waals surface area contributed by atoms with Crippen LogP contribution in [0.1, 0.15) is 117 Å². The Labute approximate surface area is 246 Å². The molecule has 7 atom stereocenters. The lowest BCUT2D eigenvalue weighted by Crippen LogP contribution is -2.50. The van der Waals surface area contributed by atoms with Gasteiger partial charge in [-0.15, -0.1) is 0 Å². The van der Waals surface area contributed by atoms with E-state index in [-0.39, 0.29) is 26.9 Å². The normalized spacial score (nSPS) is 34.8. The number of fused-ring (bicyclic) bond motifs is 5. The predicted molar refractivity (Wildman–Crippen MR) is 165 cm³/mol. The van der Waals surface area contributed by atoms with Crippen molar-refractivity contribution in [3.05, 3.63) is 41.1 Å². The third-order valence-electron chi connectivity index (χ3n) is 11.7. The van der Waals surface area contributed by atoms with Crippen molar-refractivity contribution >= 4 is 22.8 Å². The second-order valence-corrected chi connectivity index (χ2v) is 15.0. The van der Waals surface area contributed by atoms with Crippen LogP contribution in [0.5, 0.6) is 5.75 Å². The molecule has 5 rings (SSSR count). The summed E-state index contributed by atoms with van der Waals surface area (Å²) in [6.07, 6.45) is 22.6. The highest BCUT2D eigenvalue weighted by Gasteiger charge is 2.58. The van der Waals surface area contributed by atoms with Crippen molar-refractivity contribution < 1.29 is 14.7 Å². The van der Waals surface area contributed by atoms with Crippen molar-refractivity contribution in [2.24, 2.45) is 34.5 Å². The van der Waals surface area contributed by atoms with Crippen LogP contribution in [0.4, 0.5) is 10.5 Å². The van der Waals surface area contributed by atoms with Gasteiger partial charge in [-0.05, 0) is 128 Å². The van der Waals surface area contributed by atoms with Crippen molar-refractivity contribution in [1.29, 1.82) is 0 Å². The maximum absolute atomic E-state index is 12.7. The molecular weight excluding hydrogens is 518 g/mol. The second-order valence-electron chi connectivity index (χ2n) is 13.7. The number of hydrogen-bond acceptors (Lipinski definition) is 6. The van der Waals surface area contributed by atoms with Crippen molar-refractivity contribution in [3.8, 4) is 5.75 Å². The lowest BCUT2D eigenvalue weighted by Gasteiger charge is -2.58. The van der Waals surface area contributed by atoms with E-state index in [1.807, 2.05) is 0 Å².